The van der Waals surface area contributed by atoms with Gasteiger partial charge in [0.25, 0.3) is 11.5 Å². The maximum Gasteiger partial charge on any atom is 0.275 e. The Morgan fingerprint density at radius 1 is 0.966 bits per heavy atom. The van der Waals surface area contributed by atoms with E-state index >= 15 is 0 Å². The summed E-state index contributed by atoms with van der Waals surface area (Å²) in [6.45, 7) is 8.25. The van der Waals surface area contributed by atoms with E-state index in [9.17, 15) is 24.4 Å². The molecule has 2 aromatic heterocycles. The van der Waals surface area contributed by atoms with Crippen molar-refractivity contribution in [2.75, 3.05) is 57.3 Å². The van der Waals surface area contributed by atoms with Gasteiger partial charge in [-0.15, -0.1) is 0 Å². The molecule has 0 aliphatic carbocycles. The van der Waals surface area contributed by atoms with Crippen LogP contribution in [0.4, 0.5) is 5.69 Å². The fourth-order valence-corrected chi connectivity index (χ4v) is 9.18. The molecule has 4 aliphatic heterocycles. The van der Waals surface area contributed by atoms with Crippen molar-refractivity contribution in [3.8, 4) is 23.3 Å². The fourth-order valence-electron chi connectivity index (χ4n) is 9.18. The second kappa shape index (κ2) is 17.5. The Balaban J connectivity index is 0.850. The fraction of sp³-hybridized carbons (Fsp3) is 0.488. The third kappa shape index (κ3) is 8.36. The lowest BCUT2D eigenvalue weighted by atomic mass is 9.88. The first kappa shape index (κ1) is 39.3. The van der Waals surface area contributed by atoms with E-state index < -0.39 is 11.9 Å². The van der Waals surface area contributed by atoms with Gasteiger partial charge in [-0.3, -0.25) is 29.5 Å². The lowest BCUT2D eigenvalue weighted by molar-refractivity contribution is -0.136. The summed E-state index contributed by atoms with van der Waals surface area (Å²) in [5.41, 5.74) is 2.51. The van der Waals surface area contributed by atoms with Gasteiger partial charge in [0, 0.05) is 87.2 Å². The van der Waals surface area contributed by atoms with Crippen molar-refractivity contribution in [3.63, 3.8) is 0 Å². The summed E-state index contributed by atoms with van der Waals surface area (Å²) in [6.07, 6.45) is 7.81. The maximum absolute atomic E-state index is 13.7. The number of benzene rings is 2. The summed E-state index contributed by atoms with van der Waals surface area (Å²) in [5.74, 6) is 0.981. The molecular weight excluding hydrogens is 737 g/mol. The second-order valence-electron chi connectivity index (χ2n) is 16.0. The zero-order chi connectivity index (χ0) is 40.2. The number of hydrogen-bond donors (Lipinski definition) is 2. The highest BCUT2D eigenvalue weighted by Crippen LogP contribution is 2.31. The molecule has 2 N–H and O–H groups in total. The number of piperidine rings is 3. The normalized spacial score (nSPS) is 22.0. The minimum Gasteiger partial charge on any atom is -0.477 e. The molecule has 3 atom stereocenters. The van der Waals surface area contributed by atoms with Gasteiger partial charge < -0.3 is 19.7 Å². The predicted molar refractivity (Wildman–Crippen MR) is 217 cm³/mol. The molecule has 4 aromatic rings. The largest absolute Gasteiger partial charge is 0.477 e. The second-order valence-corrected chi connectivity index (χ2v) is 16.0. The number of carbonyl (C=O) groups is 3. The highest BCUT2D eigenvalue weighted by Gasteiger charge is 2.36. The number of nitrogens with zero attached hydrogens (tertiary/aromatic N) is 8. The number of carbonyl (C=O) groups excluding carboxylic acids is 3. The van der Waals surface area contributed by atoms with Gasteiger partial charge in [0.15, 0.2) is 12.1 Å². The third-order valence-electron chi connectivity index (χ3n) is 12.4. The number of aldehydes is 1. The summed E-state index contributed by atoms with van der Waals surface area (Å²) in [5, 5.41) is 21.2. The number of rotatable bonds is 11. The standard InChI is InChI=1S/C43H50N10O5/c1-28-34-7-6-32(23-36(34)43(57)53(49-28)37-8-9-38(55)47-42(37)56)50-17-11-29(12-18-50)22-33-25-45-16-21-52(33)40(26-54)51-19-13-30(14-20-51)27-58-39-10-15-46-41(48-39)35-5-3-2-4-31(35)24-44/h2-7,10,15,23,26,29-30,33,37,40,45H,8-9,11-14,16-22,25,27H2,1H3,(H,47,55,56). The SMILES string of the molecule is Cc1nn(C2CCC(=O)NC2=O)c(=O)c2cc(N3CCC(CC4CNCCN4C(C=O)N4CCC(COc5ccnc(-c6ccccc6C#N)n5)CC4)CC3)ccc12. The number of hydrogen-bond acceptors (Lipinski definition) is 13. The number of piperazine rings is 1. The Kier molecular flexibility index (Phi) is 11.9. The topological polar surface area (TPSA) is 179 Å². The number of aryl methyl sites for hydroxylation is 1. The van der Waals surface area contributed by atoms with Crippen LogP contribution in [-0.4, -0.2) is 112 Å². The molecule has 8 rings (SSSR count). The molecule has 4 fully saturated rings. The quantitative estimate of drug-likeness (QED) is 0.168. The van der Waals surface area contributed by atoms with Crippen molar-refractivity contribution < 1.29 is 19.1 Å². The number of likely N-dealkylation sites (tertiary alicyclic amines) is 1. The van der Waals surface area contributed by atoms with Gasteiger partial charge in [0.05, 0.1) is 29.3 Å². The van der Waals surface area contributed by atoms with Crippen LogP contribution in [0, 0.1) is 30.1 Å². The van der Waals surface area contributed by atoms with Crippen molar-refractivity contribution in [1.82, 2.24) is 40.2 Å². The van der Waals surface area contributed by atoms with E-state index in [0.717, 1.165) is 95.3 Å². The molecule has 58 heavy (non-hydrogen) atoms. The number of fused-ring (bicyclic) bond motifs is 1. The van der Waals surface area contributed by atoms with Crippen LogP contribution in [0.5, 0.6) is 5.88 Å². The zero-order valence-corrected chi connectivity index (χ0v) is 32.9. The van der Waals surface area contributed by atoms with E-state index in [2.05, 4.69) is 46.5 Å². The van der Waals surface area contributed by atoms with Gasteiger partial charge in [-0.25, -0.2) is 9.67 Å². The van der Waals surface area contributed by atoms with Gasteiger partial charge in [0.2, 0.25) is 11.8 Å². The number of amides is 2. The van der Waals surface area contributed by atoms with E-state index in [4.69, 9.17) is 4.74 Å². The van der Waals surface area contributed by atoms with Gasteiger partial charge in [0.1, 0.15) is 12.2 Å². The minimum absolute atomic E-state index is 0.173. The Morgan fingerprint density at radius 3 is 2.53 bits per heavy atom. The number of ether oxygens (including phenoxy) is 1. The molecule has 0 radical (unpaired) electrons. The van der Waals surface area contributed by atoms with Crippen molar-refractivity contribution in [3.05, 3.63) is 76.3 Å². The molecule has 6 heterocycles. The highest BCUT2D eigenvalue weighted by molar-refractivity contribution is 5.99. The first-order valence-corrected chi connectivity index (χ1v) is 20.5. The lowest BCUT2D eigenvalue weighted by Crippen LogP contribution is -2.62. The van der Waals surface area contributed by atoms with Crippen molar-refractivity contribution >= 4 is 34.6 Å². The molecule has 0 spiro atoms. The Labute approximate surface area is 337 Å². The molecule has 0 saturated carbocycles. The number of aromatic nitrogens is 4. The molecule has 2 amide bonds. The molecule has 4 saturated heterocycles. The molecular formula is C43H50N10O5. The van der Waals surface area contributed by atoms with Crippen LogP contribution < -0.4 is 25.8 Å². The van der Waals surface area contributed by atoms with Gasteiger partial charge in [-0.1, -0.05) is 18.2 Å². The molecule has 302 valence electrons. The average molecular weight is 787 g/mol. The van der Waals surface area contributed by atoms with E-state index in [0.29, 0.717) is 52.4 Å². The summed E-state index contributed by atoms with van der Waals surface area (Å²) >= 11 is 0. The maximum atomic E-state index is 13.7. The number of nitrogens with one attached hydrogen (secondary N) is 2. The van der Waals surface area contributed by atoms with E-state index in [-0.39, 0.29) is 36.5 Å². The van der Waals surface area contributed by atoms with Crippen molar-refractivity contribution in [2.24, 2.45) is 11.8 Å². The summed E-state index contributed by atoms with van der Waals surface area (Å²) < 4.78 is 7.39. The molecule has 15 nitrogen and oxygen atoms in total. The van der Waals surface area contributed by atoms with E-state index in [1.54, 1.807) is 18.3 Å². The smallest absolute Gasteiger partial charge is 0.275 e. The Morgan fingerprint density at radius 2 is 1.76 bits per heavy atom. The summed E-state index contributed by atoms with van der Waals surface area (Å²) in [7, 11) is 0. The number of anilines is 1. The van der Waals surface area contributed by atoms with Crippen molar-refractivity contribution in [2.45, 2.75) is 70.1 Å². The van der Waals surface area contributed by atoms with Crippen LogP contribution >= 0.6 is 0 Å². The Bertz CT molecular complexity index is 2260. The number of imide groups is 1. The molecule has 15 heteroatoms. The van der Waals surface area contributed by atoms with Crippen LogP contribution in [0.3, 0.4) is 0 Å². The van der Waals surface area contributed by atoms with Crippen LogP contribution in [0.1, 0.15) is 62.2 Å². The van der Waals surface area contributed by atoms with E-state index in [1.165, 1.54) is 4.68 Å². The monoisotopic (exact) mass is 786 g/mol. The zero-order valence-electron chi connectivity index (χ0n) is 32.9. The average Bonchev–Trinajstić information content (AvgIpc) is 3.26. The van der Waals surface area contributed by atoms with Crippen molar-refractivity contribution in [1.29, 1.82) is 5.26 Å². The first-order valence-electron chi connectivity index (χ1n) is 20.5. The minimum atomic E-state index is -0.806. The number of nitriles is 1. The van der Waals surface area contributed by atoms with Gasteiger partial charge in [-0.05, 0) is 81.5 Å². The highest BCUT2D eigenvalue weighted by atomic mass is 16.5. The Hall–Kier alpha value is -5.56. The predicted octanol–water partition coefficient (Wildman–Crippen LogP) is 3.21. The molecule has 0 bridgehead atoms. The molecule has 3 unspecified atom stereocenters. The van der Waals surface area contributed by atoms with Gasteiger partial charge in [-0.2, -0.15) is 15.3 Å². The van der Waals surface area contributed by atoms with Gasteiger partial charge >= 0.3 is 0 Å². The van der Waals surface area contributed by atoms with Crippen LogP contribution in [-0.2, 0) is 14.4 Å². The third-order valence-corrected chi connectivity index (χ3v) is 12.4. The van der Waals surface area contributed by atoms with E-state index in [1.807, 2.05) is 43.3 Å². The first-order chi connectivity index (χ1) is 28.3. The summed E-state index contributed by atoms with van der Waals surface area (Å²) in [4.78, 5) is 66.8. The summed E-state index contributed by atoms with van der Waals surface area (Å²) in [6, 6.07) is 16.6. The lowest BCUT2D eigenvalue weighted by Gasteiger charge is -2.46. The molecule has 2 aromatic carbocycles. The van der Waals surface area contributed by atoms with Crippen LogP contribution in [0.25, 0.3) is 22.2 Å². The van der Waals surface area contributed by atoms with Crippen LogP contribution in [0.15, 0.2) is 59.5 Å². The molecule has 4 aliphatic rings. The van der Waals surface area contributed by atoms with Crippen LogP contribution in [0.2, 0.25) is 0 Å².